The van der Waals surface area contributed by atoms with Crippen LogP contribution in [0.3, 0.4) is 0 Å². The van der Waals surface area contributed by atoms with E-state index in [2.05, 4.69) is 27.0 Å². The Morgan fingerprint density at radius 3 is 2.33 bits per heavy atom. The molecule has 0 atom stereocenters. The summed E-state index contributed by atoms with van der Waals surface area (Å²) in [5.74, 6) is 0. The van der Waals surface area contributed by atoms with E-state index in [-0.39, 0.29) is 0 Å². The number of piperidine rings is 1. The highest BCUT2D eigenvalue weighted by Crippen LogP contribution is 2.08. The van der Waals surface area contributed by atoms with Crippen LogP contribution in [-0.4, -0.2) is 18.0 Å². The molecular weight excluding hydrogens is 178 g/mol. The maximum Gasteiger partial charge on any atom is 0.0172 e. The number of nitrogens with zero attached hydrogens (tertiary/aromatic N) is 1. The molecule has 2 heteroatoms. The van der Waals surface area contributed by atoms with Crippen molar-refractivity contribution in [1.82, 2.24) is 4.90 Å². The minimum Gasteiger partial charge on any atom is -0.377 e. The SMILES string of the molecule is Br/C=C\N1CCCCC1. The van der Waals surface area contributed by atoms with Gasteiger partial charge in [-0.3, -0.25) is 0 Å². The van der Waals surface area contributed by atoms with Crippen LogP contribution in [0.4, 0.5) is 0 Å². The highest BCUT2D eigenvalue weighted by Gasteiger charge is 2.03. The van der Waals surface area contributed by atoms with Crippen molar-refractivity contribution in [2.75, 3.05) is 13.1 Å². The molecule has 0 spiro atoms. The molecule has 0 aliphatic carbocycles. The number of likely N-dealkylation sites (tertiary alicyclic amines) is 1. The van der Waals surface area contributed by atoms with Crippen LogP contribution in [0.5, 0.6) is 0 Å². The van der Waals surface area contributed by atoms with Gasteiger partial charge in [0, 0.05) is 19.3 Å². The van der Waals surface area contributed by atoms with Crippen LogP contribution in [0.1, 0.15) is 19.3 Å². The molecule has 0 unspecified atom stereocenters. The summed E-state index contributed by atoms with van der Waals surface area (Å²) in [5.41, 5.74) is 0. The van der Waals surface area contributed by atoms with Crippen molar-refractivity contribution in [2.45, 2.75) is 19.3 Å². The van der Waals surface area contributed by atoms with Crippen molar-refractivity contribution < 1.29 is 0 Å². The Hall–Kier alpha value is 0.0200. The summed E-state index contributed by atoms with van der Waals surface area (Å²) in [6, 6.07) is 0. The molecule has 0 amide bonds. The lowest BCUT2D eigenvalue weighted by Crippen LogP contribution is -2.23. The fraction of sp³-hybridized carbons (Fsp3) is 0.714. The van der Waals surface area contributed by atoms with Crippen LogP contribution in [0.2, 0.25) is 0 Å². The van der Waals surface area contributed by atoms with E-state index in [1.54, 1.807) is 0 Å². The normalized spacial score (nSPS) is 21.2. The fourth-order valence-corrected chi connectivity index (χ4v) is 1.48. The lowest BCUT2D eigenvalue weighted by Gasteiger charge is -2.24. The van der Waals surface area contributed by atoms with Gasteiger partial charge in [-0.1, -0.05) is 15.9 Å². The monoisotopic (exact) mass is 189 g/mol. The third-order valence-electron chi connectivity index (χ3n) is 1.66. The molecule has 0 bridgehead atoms. The maximum atomic E-state index is 3.26. The summed E-state index contributed by atoms with van der Waals surface area (Å²) in [6.45, 7) is 2.48. The minimum atomic E-state index is 1.24. The summed E-state index contributed by atoms with van der Waals surface area (Å²) in [6.07, 6.45) is 6.24. The zero-order valence-corrected chi connectivity index (χ0v) is 7.10. The Bertz CT molecular complexity index is 95.1. The Labute approximate surface area is 64.9 Å². The maximum absolute atomic E-state index is 3.26. The molecule has 1 fully saturated rings. The van der Waals surface area contributed by atoms with Crippen LogP contribution in [-0.2, 0) is 0 Å². The molecule has 1 aliphatic heterocycles. The van der Waals surface area contributed by atoms with Gasteiger partial charge in [0.1, 0.15) is 0 Å². The van der Waals surface area contributed by atoms with Gasteiger partial charge in [-0.05, 0) is 24.2 Å². The molecule has 0 N–H and O–H groups in total. The Kier molecular flexibility index (Phi) is 3.12. The lowest BCUT2D eigenvalue weighted by atomic mass is 10.1. The first-order valence-corrected chi connectivity index (χ1v) is 4.36. The predicted octanol–water partition coefficient (Wildman–Crippen LogP) is 2.34. The molecule has 0 aromatic heterocycles. The van der Waals surface area contributed by atoms with Gasteiger partial charge in [0.15, 0.2) is 0 Å². The average molecular weight is 190 g/mol. The lowest BCUT2D eigenvalue weighted by molar-refractivity contribution is 0.310. The molecule has 0 aromatic carbocycles. The van der Waals surface area contributed by atoms with Crippen LogP contribution in [0.15, 0.2) is 11.2 Å². The van der Waals surface area contributed by atoms with Crippen LogP contribution < -0.4 is 0 Å². The zero-order valence-electron chi connectivity index (χ0n) is 5.52. The van der Waals surface area contributed by atoms with E-state index in [9.17, 15) is 0 Å². The van der Waals surface area contributed by atoms with Crippen molar-refractivity contribution in [2.24, 2.45) is 0 Å². The second kappa shape index (κ2) is 3.94. The number of halogens is 1. The largest absolute Gasteiger partial charge is 0.377 e. The van der Waals surface area contributed by atoms with Crippen molar-refractivity contribution in [3.8, 4) is 0 Å². The summed E-state index contributed by atoms with van der Waals surface area (Å²) in [5, 5.41) is 0. The molecule has 1 nitrogen and oxygen atoms in total. The first kappa shape index (κ1) is 7.13. The summed E-state index contributed by atoms with van der Waals surface area (Å²) < 4.78 is 0. The fourth-order valence-electron chi connectivity index (χ4n) is 1.15. The molecule has 0 saturated carbocycles. The summed E-state index contributed by atoms with van der Waals surface area (Å²) >= 11 is 3.26. The molecule has 0 radical (unpaired) electrons. The Morgan fingerprint density at radius 2 is 1.78 bits per heavy atom. The first-order valence-electron chi connectivity index (χ1n) is 3.44. The standard InChI is InChI=1S/C7H12BrN/c8-4-7-9-5-2-1-3-6-9/h4,7H,1-3,5-6H2/b7-4-. The van der Waals surface area contributed by atoms with E-state index in [1.165, 1.54) is 32.4 Å². The van der Waals surface area contributed by atoms with Gasteiger partial charge in [0.05, 0.1) is 0 Å². The molecule has 1 rings (SSSR count). The topological polar surface area (TPSA) is 3.24 Å². The van der Waals surface area contributed by atoms with E-state index < -0.39 is 0 Å². The molecular formula is C7H12BrN. The third-order valence-corrected chi connectivity index (χ3v) is 1.89. The number of hydrogen-bond donors (Lipinski definition) is 0. The van der Waals surface area contributed by atoms with Gasteiger partial charge in [-0.2, -0.15) is 0 Å². The second-order valence-corrected chi connectivity index (χ2v) is 2.90. The summed E-state index contributed by atoms with van der Waals surface area (Å²) in [7, 11) is 0. The van der Waals surface area contributed by atoms with Crippen LogP contribution in [0, 0.1) is 0 Å². The number of hydrogen-bond acceptors (Lipinski definition) is 1. The van der Waals surface area contributed by atoms with E-state index in [0.717, 1.165) is 0 Å². The smallest absolute Gasteiger partial charge is 0.0172 e. The van der Waals surface area contributed by atoms with Crippen LogP contribution >= 0.6 is 15.9 Å². The van der Waals surface area contributed by atoms with E-state index in [1.807, 2.05) is 4.99 Å². The predicted molar refractivity (Wildman–Crippen MR) is 43.5 cm³/mol. The van der Waals surface area contributed by atoms with Gasteiger partial charge in [-0.15, -0.1) is 0 Å². The highest BCUT2D eigenvalue weighted by atomic mass is 79.9. The first-order chi connectivity index (χ1) is 4.43. The average Bonchev–Trinajstić information content (AvgIpc) is 1.91. The Morgan fingerprint density at radius 1 is 1.11 bits per heavy atom. The van der Waals surface area contributed by atoms with E-state index >= 15 is 0 Å². The molecule has 52 valence electrons. The van der Waals surface area contributed by atoms with Crippen molar-refractivity contribution in [3.63, 3.8) is 0 Å². The van der Waals surface area contributed by atoms with Gasteiger partial charge >= 0.3 is 0 Å². The quantitative estimate of drug-likeness (QED) is 0.613. The number of rotatable bonds is 1. The van der Waals surface area contributed by atoms with Crippen LogP contribution in [0.25, 0.3) is 0 Å². The van der Waals surface area contributed by atoms with E-state index in [4.69, 9.17) is 0 Å². The summed E-state index contributed by atoms with van der Waals surface area (Å²) in [4.78, 5) is 4.27. The van der Waals surface area contributed by atoms with Crippen molar-refractivity contribution >= 4 is 15.9 Å². The molecule has 9 heavy (non-hydrogen) atoms. The molecule has 1 heterocycles. The minimum absolute atomic E-state index is 1.24. The third kappa shape index (κ3) is 2.39. The second-order valence-electron chi connectivity index (χ2n) is 2.37. The van der Waals surface area contributed by atoms with Crippen molar-refractivity contribution in [1.29, 1.82) is 0 Å². The molecule has 0 aromatic rings. The van der Waals surface area contributed by atoms with Crippen molar-refractivity contribution in [3.05, 3.63) is 11.2 Å². The van der Waals surface area contributed by atoms with Gasteiger partial charge in [0.25, 0.3) is 0 Å². The Balaban J connectivity index is 2.23. The molecule has 1 saturated heterocycles. The van der Waals surface area contributed by atoms with Gasteiger partial charge < -0.3 is 4.90 Å². The molecule has 1 aliphatic rings. The van der Waals surface area contributed by atoms with Gasteiger partial charge in [-0.25, -0.2) is 0 Å². The highest BCUT2D eigenvalue weighted by molar-refractivity contribution is 9.11. The van der Waals surface area contributed by atoms with E-state index in [0.29, 0.717) is 0 Å². The van der Waals surface area contributed by atoms with Gasteiger partial charge in [0.2, 0.25) is 0 Å². The zero-order chi connectivity index (χ0) is 6.53.